The molecule has 5 nitrogen and oxygen atoms in total. The van der Waals surface area contributed by atoms with E-state index in [0.717, 1.165) is 10.0 Å². The lowest BCUT2D eigenvalue weighted by Gasteiger charge is -2.17. The van der Waals surface area contributed by atoms with Crippen LogP contribution in [-0.2, 0) is 4.79 Å². The Bertz CT molecular complexity index is 468. The van der Waals surface area contributed by atoms with Crippen LogP contribution in [0.3, 0.4) is 0 Å². The van der Waals surface area contributed by atoms with Crippen LogP contribution in [0.2, 0.25) is 0 Å². The number of hydrogen-bond acceptors (Lipinski definition) is 4. The molecule has 0 heterocycles. The molecule has 0 spiro atoms. The molecule has 118 valence electrons. The number of aliphatic hydroxyl groups excluding tert-OH is 1. The number of amides is 1. The number of benzene rings is 1. The van der Waals surface area contributed by atoms with Crippen LogP contribution in [0.1, 0.15) is 12.5 Å². The number of aliphatic hydroxyl groups is 1. The van der Waals surface area contributed by atoms with Gasteiger partial charge >= 0.3 is 0 Å². The lowest BCUT2D eigenvalue weighted by molar-refractivity contribution is -0.128. The maximum atomic E-state index is 11.6. The summed E-state index contributed by atoms with van der Waals surface area (Å²) >= 11 is 3.42. The molecule has 0 bridgehead atoms. The highest BCUT2D eigenvalue weighted by atomic mass is 79.9. The number of nitrogens with zero attached hydrogens (tertiary/aromatic N) is 1. The number of halogens is 1. The molecule has 1 aromatic carbocycles. The van der Waals surface area contributed by atoms with E-state index >= 15 is 0 Å². The van der Waals surface area contributed by atoms with Gasteiger partial charge in [-0.15, -0.1) is 0 Å². The van der Waals surface area contributed by atoms with Crippen LogP contribution in [0.25, 0.3) is 0 Å². The smallest absolute Gasteiger partial charge is 0.236 e. The summed E-state index contributed by atoms with van der Waals surface area (Å²) in [6, 6.07) is 5.77. The van der Waals surface area contributed by atoms with Gasteiger partial charge in [0.25, 0.3) is 0 Å². The normalized spacial score (nSPS) is 12.0. The average molecular weight is 359 g/mol. The van der Waals surface area contributed by atoms with E-state index in [1.807, 2.05) is 32.0 Å². The zero-order valence-corrected chi connectivity index (χ0v) is 14.3. The SMILES string of the molecule is CCN(C)C(=O)CNCC(O)COc1ccc(C)cc1Br. The molecular weight excluding hydrogens is 336 g/mol. The van der Waals surface area contributed by atoms with E-state index in [-0.39, 0.29) is 19.1 Å². The van der Waals surface area contributed by atoms with E-state index in [0.29, 0.717) is 18.8 Å². The Morgan fingerprint density at radius 2 is 2.24 bits per heavy atom. The second-order valence-corrected chi connectivity index (χ2v) is 5.79. The maximum absolute atomic E-state index is 11.6. The Balaban J connectivity index is 2.28. The van der Waals surface area contributed by atoms with Gasteiger partial charge in [-0.2, -0.15) is 0 Å². The number of likely N-dealkylation sites (N-methyl/N-ethyl adjacent to an activating group) is 1. The first kappa shape index (κ1) is 17.9. The molecule has 0 aromatic heterocycles. The van der Waals surface area contributed by atoms with Gasteiger partial charge in [-0.1, -0.05) is 6.07 Å². The topological polar surface area (TPSA) is 61.8 Å². The van der Waals surface area contributed by atoms with E-state index in [1.54, 1.807) is 11.9 Å². The highest BCUT2D eigenvalue weighted by molar-refractivity contribution is 9.10. The summed E-state index contributed by atoms with van der Waals surface area (Å²) in [4.78, 5) is 13.2. The fraction of sp³-hybridized carbons (Fsp3) is 0.533. The lowest BCUT2D eigenvalue weighted by Crippen LogP contribution is -2.39. The summed E-state index contributed by atoms with van der Waals surface area (Å²) in [6.07, 6.45) is -0.669. The molecule has 0 saturated carbocycles. The van der Waals surface area contributed by atoms with Crippen LogP contribution in [0.5, 0.6) is 5.75 Å². The number of aryl methyl sites for hydroxylation is 1. The van der Waals surface area contributed by atoms with E-state index in [9.17, 15) is 9.90 Å². The third-order valence-corrected chi connectivity index (χ3v) is 3.69. The molecule has 0 saturated heterocycles. The van der Waals surface area contributed by atoms with Crippen LogP contribution < -0.4 is 10.1 Å². The second kappa shape index (κ2) is 9.02. The van der Waals surface area contributed by atoms with Crippen molar-refractivity contribution in [2.45, 2.75) is 20.0 Å². The minimum absolute atomic E-state index is 0.00639. The van der Waals surface area contributed by atoms with Gasteiger partial charge in [0.1, 0.15) is 18.5 Å². The quantitative estimate of drug-likeness (QED) is 0.740. The molecule has 0 radical (unpaired) electrons. The van der Waals surface area contributed by atoms with Crippen LogP contribution >= 0.6 is 15.9 Å². The number of ether oxygens (including phenoxy) is 1. The lowest BCUT2D eigenvalue weighted by atomic mass is 10.2. The number of rotatable bonds is 8. The van der Waals surface area contributed by atoms with Crippen molar-refractivity contribution in [3.63, 3.8) is 0 Å². The van der Waals surface area contributed by atoms with Crippen molar-refractivity contribution in [2.24, 2.45) is 0 Å². The largest absolute Gasteiger partial charge is 0.490 e. The second-order valence-electron chi connectivity index (χ2n) is 4.94. The van der Waals surface area contributed by atoms with Crippen molar-refractivity contribution in [2.75, 3.05) is 33.3 Å². The molecule has 21 heavy (non-hydrogen) atoms. The third-order valence-electron chi connectivity index (χ3n) is 3.07. The minimum Gasteiger partial charge on any atom is -0.490 e. The fourth-order valence-corrected chi connectivity index (χ4v) is 2.23. The van der Waals surface area contributed by atoms with Gasteiger partial charge in [-0.25, -0.2) is 0 Å². The van der Waals surface area contributed by atoms with E-state index < -0.39 is 6.10 Å². The van der Waals surface area contributed by atoms with Crippen LogP contribution in [0, 0.1) is 6.92 Å². The number of carbonyl (C=O) groups is 1. The van der Waals surface area contributed by atoms with E-state index in [1.165, 1.54) is 0 Å². The van der Waals surface area contributed by atoms with E-state index in [4.69, 9.17) is 4.74 Å². The predicted molar refractivity (Wildman–Crippen MR) is 86.6 cm³/mol. The first-order valence-electron chi connectivity index (χ1n) is 6.95. The summed E-state index contributed by atoms with van der Waals surface area (Å²) in [5, 5.41) is 12.8. The summed E-state index contributed by atoms with van der Waals surface area (Å²) in [7, 11) is 1.75. The van der Waals surface area contributed by atoms with Crippen molar-refractivity contribution in [3.05, 3.63) is 28.2 Å². The molecule has 1 aromatic rings. The van der Waals surface area contributed by atoms with Gasteiger partial charge < -0.3 is 20.1 Å². The molecule has 0 aliphatic heterocycles. The first-order valence-corrected chi connectivity index (χ1v) is 7.75. The van der Waals surface area contributed by atoms with Gasteiger partial charge in [0.2, 0.25) is 5.91 Å². The Morgan fingerprint density at radius 3 is 2.86 bits per heavy atom. The summed E-state index contributed by atoms with van der Waals surface area (Å²) in [5.41, 5.74) is 1.13. The Labute approximate surface area is 134 Å². The predicted octanol–water partition coefficient (Wildman–Crippen LogP) is 1.57. The molecule has 1 unspecified atom stereocenters. The van der Waals surface area contributed by atoms with Crippen molar-refractivity contribution < 1.29 is 14.6 Å². The number of hydrogen-bond donors (Lipinski definition) is 2. The van der Waals surface area contributed by atoms with Crippen LogP contribution in [0.4, 0.5) is 0 Å². The monoisotopic (exact) mass is 358 g/mol. The third kappa shape index (κ3) is 6.46. The van der Waals surface area contributed by atoms with Gasteiger partial charge in [0.15, 0.2) is 0 Å². The van der Waals surface area contributed by atoms with Crippen LogP contribution in [-0.4, -0.2) is 55.3 Å². The molecule has 0 aliphatic rings. The Morgan fingerprint density at radius 1 is 1.52 bits per heavy atom. The summed E-state index contributed by atoms with van der Waals surface area (Å²) in [6.45, 7) is 5.29. The molecule has 2 N–H and O–H groups in total. The van der Waals surface area contributed by atoms with Crippen molar-refractivity contribution in [3.8, 4) is 5.75 Å². The Hall–Kier alpha value is -1.11. The van der Waals surface area contributed by atoms with Crippen LogP contribution in [0.15, 0.2) is 22.7 Å². The standard InChI is InChI=1S/C15H23BrN2O3/c1-4-18(3)15(20)9-17-8-12(19)10-21-14-6-5-11(2)7-13(14)16/h5-7,12,17,19H,4,8-10H2,1-3H3. The summed E-state index contributed by atoms with van der Waals surface area (Å²) < 4.78 is 6.41. The number of nitrogens with one attached hydrogen (secondary N) is 1. The van der Waals surface area contributed by atoms with Gasteiger partial charge in [0.05, 0.1) is 11.0 Å². The maximum Gasteiger partial charge on any atom is 0.236 e. The summed E-state index contributed by atoms with van der Waals surface area (Å²) in [5.74, 6) is 0.702. The first-order chi connectivity index (χ1) is 9.93. The fourth-order valence-electron chi connectivity index (χ4n) is 1.62. The number of carbonyl (C=O) groups excluding carboxylic acids is 1. The molecule has 0 fully saturated rings. The molecule has 6 heteroatoms. The zero-order valence-electron chi connectivity index (χ0n) is 12.7. The van der Waals surface area contributed by atoms with Crippen molar-refractivity contribution in [1.82, 2.24) is 10.2 Å². The molecule has 1 amide bonds. The van der Waals surface area contributed by atoms with Gasteiger partial charge in [-0.05, 0) is 47.5 Å². The van der Waals surface area contributed by atoms with Crippen molar-refractivity contribution in [1.29, 1.82) is 0 Å². The van der Waals surface area contributed by atoms with E-state index in [2.05, 4.69) is 21.2 Å². The van der Waals surface area contributed by atoms with Gasteiger partial charge in [0, 0.05) is 20.1 Å². The molecular formula is C15H23BrN2O3. The molecule has 0 aliphatic carbocycles. The highest BCUT2D eigenvalue weighted by Gasteiger charge is 2.10. The Kier molecular flexibility index (Phi) is 7.71. The molecule has 1 rings (SSSR count). The minimum atomic E-state index is -0.669. The molecule has 1 atom stereocenters. The zero-order chi connectivity index (χ0) is 15.8. The highest BCUT2D eigenvalue weighted by Crippen LogP contribution is 2.25. The van der Waals surface area contributed by atoms with Crippen molar-refractivity contribution >= 4 is 21.8 Å². The van der Waals surface area contributed by atoms with Gasteiger partial charge in [-0.3, -0.25) is 4.79 Å². The average Bonchev–Trinajstić information content (AvgIpc) is 2.45.